The molecule has 1 atom stereocenters. The second kappa shape index (κ2) is 5.66. The summed E-state index contributed by atoms with van der Waals surface area (Å²) >= 11 is 0. The zero-order valence-electron chi connectivity index (χ0n) is 11.2. The van der Waals surface area contributed by atoms with E-state index in [2.05, 4.69) is 10.3 Å². The van der Waals surface area contributed by atoms with E-state index in [9.17, 15) is 4.21 Å². The van der Waals surface area contributed by atoms with Crippen molar-refractivity contribution in [2.45, 2.75) is 6.92 Å². The third-order valence-electron chi connectivity index (χ3n) is 3.20. The van der Waals surface area contributed by atoms with Gasteiger partial charge in [0.1, 0.15) is 5.82 Å². The Labute approximate surface area is 119 Å². The number of benzene rings is 1. The molecule has 0 spiro atoms. The van der Waals surface area contributed by atoms with Crippen molar-refractivity contribution in [2.75, 3.05) is 30.2 Å². The number of fused-ring (bicyclic) bond motifs is 2. The van der Waals surface area contributed by atoms with Crippen molar-refractivity contribution in [3.8, 4) is 11.5 Å². The van der Waals surface area contributed by atoms with Crippen molar-refractivity contribution in [3.63, 3.8) is 0 Å². The van der Waals surface area contributed by atoms with Gasteiger partial charge in [-0.2, -0.15) is 0 Å². The average Bonchev–Trinajstić information content (AvgIpc) is 2.92. The fraction of sp³-hybridized carbons (Fsp3) is 0.357. The Bertz CT molecular complexity index is 660. The molecule has 1 aliphatic rings. The van der Waals surface area contributed by atoms with E-state index in [0.717, 1.165) is 28.1 Å². The van der Waals surface area contributed by atoms with Gasteiger partial charge in [0.05, 0.1) is 0 Å². The number of nitrogens with one attached hydrogen (secondary N) is 1. The van der Waals surface area contributed by atoms with Gasteiger partial charge in [-0.05, 0) is 23.6 Å². The van der Waals surface area contributed by atoms with Gasteiger partial charge in [0.2, 0.25) is 6.79 Å². The molecule has 0 saturated carbocycles. The molecule has 5 nitrogen and oxygen atoms in total. The van der Waals surface area contributed by atoms with Crippen LogP contribution >= 0.6 is 0 Å². The first kappa shape index (κ1) is 13.2. The van der Waals surface area contributed by atoms with Gasteiger partial charge in [-0.15, -0.1) is 0 Å². The molecule has 3 rings (SSSR count). The summed E-state index contributed by atoms with van der Waals surface area (Å²) in [6.45, 7) is 2.82. The van der Waals surface area contributed by atoms with Crippen molar-refractivity contribution in [1.29, 1.82) is 0 Å². The fourth-order valence-corrected chi connectivity index (χ4v) is 2.75. The molecular weight excluding hydrogens is 276 g/mol. The Morgan fingerprint density at radius 1 is 1.35 bits per heavy atom. The van der Waals surface area contributed by atoms with Gasteiger partial charge in [0.15, 0.2) is 11.5 Å². The highest BCUT2D eigenvalue weighted by atomic mass is 32.2. The highest BCUT2D eigenvalue weighted by Crippen LogP contribution is 2.37. The number of rotatable bonds is 5. The van der Waals surface area contributed by atoms with E-state index in [4.69, 9.17) is 9.47 Å². The molecule has 1 unspecified atom stereocenters. The smallest absolute Gasteiger partial charge is 0.231 e. The molecule has 0 saturated heterocycles. The van der Waals surface area contributed by atoms with E-state index >= 15 is 0 Å². The molecule has 0 amide bonds. The van der Waals surface area contributed by atoms with Crippen LogP contribution in [0.5, 0.6) is 11.5 Å². The van der Waals surface area contributed by atoms with E-state index in [1.165, 1.54) is 0 Å². The zero-order valence-corrected chi connectivity index (χ0v) is 12.0. The number of hydrogen-bond donors (Lipinski definition) is 1. The van der Waals surface area contributed by atoms with Crippen LogP contribution in [0.25, 0.3) is 10.8 Å². The lowest BCUT2D eigenvalue weighted by atomic mass is 10.1. The maximum atomic E-state index is 11.4. The molecule has 1 aliphatic heterocycles. The van der Waals surface area contributed by atoms with Gasteiger partial charge in [0, 0.05) is 40.4 Å². The lowest BCUT2D eigenvalue weighted by molar-refractivity contribution is 0.174. The van der Waals surface area contributed by atoms with Crippen LogP contribution < -0.4 is 14.8 Å². The van der Waals surface area contributed by atoms with Gasteiger partial charge in [0.25, 0.3) is 0 Å². The molecular formula is C14H16N2O3S. The maximum absolute atomic E-state index is 11.4. The summed E-state index contributed by atoms with van der Waals surface area (Å²) in [5.74, 6) is 3.60. The minimum atomic E-state index is -0.769. The molecule has 1 aromatic carbocycles. The molecule has 2 heterocycles. The molecule has 0 aliphatic carbocycles. The largest absolute Gasteiger partial charge is 0.454 e. The van der Waals surface area contributed by atoms with E-state index in [-0.39, 0.29) is 6.79 Å². The lowest BCUT2D eigenvalue weighted by Gasteiger charge is -2.09. The molecule has 2 aromatic rings. The zero-order chi connectivity index (χ0) is 13.9. The van der Waals surface area contributed by atoms with Crippen molar-refractivity contribution in [2.24, 2.45) is 0 Å². The highest BCUT2D eigenvalue weighted by molar-refractivity contribution is 7.84. The molecule has 1 N–H and O–H groups in total. The summed E-state index contributed by atoms with van der Waals surface area (Å²) in [6.07, 6.45) is 1.75. The minimum Gasteiger partial charge on any atom is -0.454 e. The Morgan fingerprint density at radius 3 is 2.95 bits per heavy atom. The van der Waals surface area contributed by atoms with E-state index in [1.807, 2.05) is 25.1 Å². The summed E-state index contributed by atoms with van der Waals surface area (Å²) < 4.78 is 22.2. The quantitative estimate of drug-likeness (QED) is 0.915. The molecule has 106 valence electrons. The summed E-state index contributed by atoms with van der Waals surface area (Å²) in [7, 11) is -0.769. The van der Waals surface area contributed by atoms with Crippen molar-refractivity contribution >= 4 is 27.4 Å². The molecule has 0 bridgehead atoms. The van der Waals surface area contributed by atoms with Crippen LogP contribution in [0.2, 0.25) is 0 Å². The Hall–Kier alpha value is -1.82. The topological polar surface area (TPSA) is 60.5 Å². The average molecular weight is 292 g/mol. The Morgan fingerprint density at radius 2 is 2.15 bits per heavy atom. The minimum absolute atomic E-state index is 0.261. The molecule has 0 fully saturated rings. The third-order valence-corrected chi connectivity index (χ3v) is 4.51. The standard InChI is InChI=1S/C14H16N2O3S/c1-2-20(17)6-5-16-14-11-8-13-12(18-9-19-13)7-10(11)3-4-15-14/h3-4,7-8H,2,5-6,9H2,1H3,(H,15,16). The van der Waals surface area contributed by atoms with Gasteiger partial charge < -0.3 is 14.8 Å². The predicted molar refractivity (Wildman–Crippen MR) is 79.9 cm³/mol. The molecule has 6 heteroatoms. The number of aromatic nitrogens is 1. The summed E-state index contributed by atoms with van der Waals surface area (Å²) in [6, 6.07) is 5.82. The Kier molecular flexibility index (Phi) is 3.73. The van der Waals surface area contributed by atoms with E-state index < -0.39 is 10.8 Å². The summed E-state index contributed by atoms with van der Waals surface area (Å²) in [5, 5.41) is 5.27. The molecule has 0 radical (unpaired) electrons. The van der Waals surface area contributed by atoms with Crippen LogP contribution in [0, 0.1) is 0 Å². The van der Waals surface area contributed by atoms with Crippen molar-refractivity contribution < 1.29 is 13.7 Å². The van der Waals surface area contributed by atoms with Crippen molar-refractivity contribution in [3.05, 3.63) is 24.4 Å². The lowest BCUT2D eigenvalue weighted by Crippen LogP contribution is -2.12. The summed E-state index contributed by atoms with van der Waals surface area (Å²) in [5.41, 5.74) is 0. The number of hydrogen-bond acceptors (Lipinski definition) is 5. The molecule has 20 heavy (non-hydrogen) atoms. The first-order valence-corrected chi connectivity index (χ1v) is 8.04. The van der Waals surface area contributed by atoms with Crippen LogP contribution in [0.15, 0.2) is 24.4 Å². The van der Waals surface area contributed by atoms with Crippen LogP contribution in [0.3, 0.4) is 0 Å². The van der Waals surface area contributed by atoms with Gasteiger partial charge in [-0.3, -0.25) is 4.21 Å². The highest BCUT2D eigenvalue weighted by Gasteiger charge is 2.15. The monoisotopic (exact) mass is 292 g/mol. The first-order chi connectivity index (χ1) is 9.78. The molecule has 1 aromatic heterocycles. The van der Waals surface area contributed by atoms with E-state index in [0.29, 0.717) is 18.1 Å². The second-order valence-electron chi connectivity index (χ2n) is 4.45. The number of pyridine rings is 1. The van der Waals surface area contributed by atoms with Gasteiger partial charge >= 0.3 is 0 Å². The van der Waals surface area contributed by atoms with Crippen LogP contribution in [-0.2, 0) is 10.8 Å². The van der Waals surface area contributed by atoms with E-state index in [1.54, 1.807) is 6.20 Å². The van der Waals surface area contributed by atoms with Gasteiger partial charge in [-0.25, -0.2) is 4.98 Å². The van der Waals surface area contributed by atoms with Crippen LogP contribution in [0.1, 0.15) is 6.92 Å². The summed E-state index contributed by atoms with van der Waals surface area (Å²) in [4.78, 5) is 4.35. The normalized spacial score (nSPS) is 14.4. The SMILES string of the molecule is CCS(=O)CCNc1nccc2cc3c(cc12)OCO3. The number of nitrogens with zero attached hydrogens (tertiary/aromatic N) is 1. The number of ether oxygens (including phenoxy) is 2. The Balaban J connectivity index is 1.85. The maximum Gasteiger partial charge on any atom is 0.231 e. The third kappa shape index (κ3) is 2.56. The second-order valence-corrected chi connectivity index (χ2v) is 6.31. The van der Waals surface area contributed by atoms with Crippen molar-refractivity contribution in [1.82, 2.24) is 4.98 Å². The first-order valence-electron chi connectivity index (χ1n) is 6.55. The fourth-order valence-electron chi connectivity index (χ4n) is 2.13. The van der Waals surface area contributed by atoms with Crippen LogP contribution in [0.4, 0.5) is 5.82 Å². The van der Waals surface area contributed by atoms with Crippen LogP contribution in [-0.4, -0.2) is 34.0 Å². The van der Waals surface area contributed by atoms with Gasteiger partial charge in [-0.1, -0.05) is 6.92 Å². The number of anilines is 1. The predicted octanol–water partition coefficient (Wildman–Crippen LogP) is 2.14.